The first kappa shape index (κ1) is 20.4. The van der Waals surface area contributed by atoms with Gasteiger partial charge in [0.25, 0.3) is 0 Å². The SMILES string of the molecule is Cc1cc(CN2CCN(c3ccccc3[C@H](O)c3nccn3C)CC2)cc(C)c1O. The molecule has 1 saturated heterocycles. The van der Waals surface area contributed by atoms with Gasteiger partial charge in [0.05, 0.1) is 0 Å². The minimum atomic E-state index is -0.748. The normalized spacial score (nSPS) is 16.1. The zero-order valence-corrected chi connectivity index (χ0v) is 17.9. The van der Waals surface area contributed by atoms with Gasteiger partial charge in [-0.1, -0.05) is 30.3 Å². The Kier molecular flexibility index (Phi) is 5.79. The lowest BCUT2D eigenvalue weighted by Gasteiger charge is -2.37. The minimum Gasteiger partial charge on any atom is -0.507 e. The summed E-state index contributed by atoms with van der Waals surface area (Å²) in [5.41, 5.74) is 5.07. The third-order valence-electron chi connectivity index (χ3n) is 6.00. The highest BCUT2D eigenvalue weighted by molar-refractivity contribution is 5.56. The van der Waals surface area contributed by atoms with Gasteiger partial charge in [0.15, 0.2) is 0 Å². The molecule has 3 aromatic rings. The van der Waals surface area contributed by atoms with Crippen molar-refractivity contribution in [1.82, 2.24) is 14.5 Å². The van der Waals surface area contributed by atoms with E-state index in [1.807, 2.05) is 49.9 Å². The molecule has 0 radical (unpaired) electrons. The average Bonchev–Trinajstić information content (AvgIpc) is 3.18. The number of aliphatic hydroxyl groups excluding tert-OH is 1. The van der Waals surface area contributed by atoms with Crippen LogP contribution >= 0.6 is 0 Å². The van der Waals surface area contributed by atoms with Crippen LogP contribution in [0.15, 0.2) is 48.8 Å². The third kappa shape index (κ3) is 4.06. The van der Waals surface area contributed by atoms with Crippen LogP contribution in [0.5, 0.6) is 5.75 Å². The molecule has 0 amide bonds. The third-order valence-corrected chi connectivity index (χ3v) is 6.00. The summed E-state index contributed by atoms with van der Waals surface area (Å²) < 4.78 is 1.86. The zero-order valence-electron chi connectivity index (χ0n) is 17.9. The molecule has 6 heteroatoms. The molecule has 2 N–H and O–H groups in total. The van der Waals surface area contributed by atoms with Gasteiger partial charge in [-0.25, -0.2) is 4.98 Å². The maximum atomic E-state index is 11.0. The highest BCUT2D eigenvalue weighted by Gasteiger charge is 2.24. The molecule has 0 unspecified atom stereocenters. The molecular weight excluding hydrogens is 376 g/mol. The van der Waals surface area contributed by atoms with E-state index < -0.39 is 6.10 Å². The molecular formula is C24H30N4O2. The number of hydrogen-bond acceptors (Lipinski definition) is 5. The minimum absolute atomic E-state index is 0.395. The van der Waals surface area contributed by atoms with Crippen LogP contribution in [0.25, 0.3) is 0 Å². The van der Waals surface area contributed by atoms with Gasteiger partial charge < -0.3 is 19.7 Å². The number of para-hydroxylation sites is 1. The summed E-state index contributed by atoms with van der Waals surface area (Å²) in [6.45, 7) is 8.49. The number of phenolic OH excluding ortho intramolecular Hbond substituents is 1. The zero-order chi connectivity index (χ0) is 21.3. The van der Waals surface area contributed by atoms with Gasteiger partial charge in [0, 0.05) is 63.4 Å². The molecule has 2 heterocycles. The van der Waals surface area contributed by atoms with Crippen LogP contribution in [-0.4, -0.2) is 50.8 Å². The van der Waals surface area contributed by atoms with Crippen molar-refractivity contribution in [3.05, 3.63) is 76.9 Å². The molecule has 1 aromatic heterocycles. The summed E-state index contributed by atoms with van der Waals surface area (Å²) in [6.07, 6.45) is 2.82. The van der Waals surface area contributed by atoms with Crippen LogP contribution < -0.4 is 4.90 Å². The van der Waals surface area contributed by atoms with Gasteiger partial charge in [0.1, 0.15) is 17.7 Å². The highest BCUT2D eigenvalue weighted by atomic mass is 16.3. The summed E-state index contributed by atoms with van der Waals surface area (Å²) in [5.74, 6) is 1.05. The molecule has 0 saturated carbocycles. The number of aromatic nitrogens is 2. The molecule has 1 fully saturated rings. The number of aryl methyl sites for hydroxylation is 3. The number of rotatable bonds is 5. The first-order chi connectivity index (χ1) is 14.4. The van der Waals surface area contributed by atoms with Crippen molar-refractivity contribution in [3.8, 4) is 5.75 Å². The van der Waals surface area contributed by atoms with E-state index in [-0.39, 0.29) is 0 Å². The number of benzene rings is 2. The molecule has 4 rings (SSSR count). The lowest BCUT2D eigenvalue weighted by atomic mass is 10.0. The molecule has 6 nitrogen and oxygen atoms in total. The molecule has 158 valence electrons. The van der Waals surface area contributed by atoms with Gasteiger partial charge in [-0.3, -0.25) is 4.90 Å². The van der Waals surface area contributed by atoms with E-state index in [0.29, 0.717) is 11.6 Å². The maximum Gasteiger partial charge on any atom is 0.142 e. The number of aromatic hydroxyl groups is 1. The van der Waals surface area contributed by atoms with Gasteiger partial charge in [-0.15, -0.1) is 0 Å². The van der Waals surface area contributed by atoms with Crippen molar-refractivity contribution in [2.24, 2.45) is 7.05 Å². The van der Waals surface area contributed by atoms with Crippen LogP contribution in [0.1, 0.15) is 34.2 Å². The lowest BCUT2D eigenvalue weighted by Crippen LogP contribution is -2.46. The van der Waals surface area contributed by atoms with Crippen LogP contribution in [0.2, 0.25) is 0 Å². The number of aliphatic hydroxyl groups is 1. The largest absolute Gasteiger partial charge is 0.507 e. The predicted molar refractivity (Wildman–Crippen MR) is 119 cm³/mol. The lowest BCUT2D eigenvalue weighted by molar-refractivity contribution is 0.205. The van der Waals surface area contributed by atoms with Crippen molar-refractivity contribution in [2.45, 2.75) is 26.5 Å². The number of hydrogen-bond donors (Lipinski definition) is 2. The number of piperazine rings is 1. The Balaban J connectivity index is 1.45. The monoisotopic (exact) mass is 406 g/mol. The van der Waals surface area contributed by atoms with Crippen molar-refractivity contribution in [3.63, 3.8) is 0 Å². The standard InChI is InChI=1S/C24H30N4O2/c1-17-14-19(15-18(2)22(17)29)16-27-10-12-28(13-11-27)21-7-5-4-6-20(21)23(30)24-25-8-9-26(24)3/h4-9,14-15,23,29-30H,10-13,16H2,1-3H3/t23-/m0/s1. The van der Waals surface area contributed by atoms with Crippen molar-refractivity contribution < 1.29 is 10.2 Å². The average molecular weight is 407 g/mol. The topological polar surface area (TPSA) is 64.8 Å². The summed E-state index contributed by atoms with van der Waals surface area (Å²) in [4.78, 5) is 9.12. The molecule has 1 aliphatic heterocycles. The quantitative estimate of drug-likeness (QED) is 0.682. The van der Waals surface area contributed by atoms with E-state index in [1.165, 1.54) is 5.56 Å². The molecule has 0 bridgehead atoms. The van der Waals surface area contributed by atoms with Crippen LogP contribution in [0.3, 0.4) is 0 Å². The van der Waals surface area contributed by atoms with Crippen LogP contribution in [-0.2, 0) is 13.6 Å². The Morgan fingerprint density at radius 1 is 1.03 bits per heavy atom. The number of imidazole rings is 1. The molecule has 1 aliphatic rings. The second kappa shape index (κ2) is 8.50. The Hall–Kier alpha value is -2.83. The number of nitrogens with zero attached hydrogens (tertiary/aromatic N) is 4. The Morgan fingerprint density at radius 3 is 2.33 bits per heavy atom. The summed E-state index contributed by atoms with van der Waals surface area (Å²) in [5, 5.41) is 21.0. The smallest absolute Gasteiger partial charge is 0.142 e. The predicted octanol–water partition coefficient (Wildman–Crippen LogP) is 3.15. The molecule has 0 spiro atoms. The fourth-order valence-corrected chi connectivity index (χ4v) is 4.33. The number of phenols is 1. The highest BCUT2D eigenvalue weighted by Crippen LogP contribution is 2.31. The maximum absolute atomic E-state index is 11.0. The van der Waals surface area contributed by atoms with E-state index in [0.717, 1.165) is 55.1 Å². The van der Waals surface area contributed by atoms with E-state index in [9.17, 15) is 10.2 Å². The van der Waals surface area contributed by atoms with Crippen molar-refractivity contribution in [2.75, 3.05) is 31.1 Å². The van der Waals surface area contributed by atoms with Crippen molar-refractivity contribution in [1.29, 1.82) is 0 Å². The fraction of sp³-hybridized carbons (Fsp3) is 0.375. The second-order valence-electron chi connectivity index (χ2n) is 8.20. The summed E-state index contributed by atoms with van der Waals surface area (Å²) in [7, 11) is 1.90. The Morgan fingerprint density at radius 2 is 1.70 bits per heavy atom. The van der Waals surface area contributed by atoms with E-state index in [4.69, 9.17) is 0 Å². The van der Waals surface area contributed by atoms with E-state index in [1.54, 1.807) is 6.20 Å². The van der Waals surface area contributed by atoms with Crippen LogP contribution in [0, 0.1) is 13.8 Å². The Labute approximate surface area is 178 Å². The summed E-state index contributed by atoms with van der Waals surface area (Å²) in [6, 6.07) is 12.2. The first-order valence-corrected chi connectivity index (χ1v) is 10.4. The van der Waals surface area contributed by atoms with Gasteiger partial charge in [0.2, 0.25) is 0 Å². The van der Waals surface area contributed by atoms with Gasteiger partial charge in [-0.2, -0.15) is 0 Å². The molecule has 1 atom stereocenters. The van der Waals surface area contributed by atoms with Crippen molar-refractivity contribution >= 4 is 5.69 Å². The van der Waals surface area contributed by atoms with E-state index >= 15 is 0 Å². The fourth-order valence-electron chi connectivity index (χ4n) is 4.33. The Bertz CT molecular complexity index is 999. The second-order valence-corrected chi connectivity index (χ2v) is 8.20. The molecule has 0 aliphatic carbocycles. The van der Waals surface area contributed by atoms with Gasteiger partial charge >= 0.3 is 0 Å². The first-order valence-electron chi connectivity index (χ1n) is 10.4. The van der Waals surface area contributed by atoms with Gasteiger partial charge in [-0.05, 0) is 36.6 Å². The number of anilines is 1. The molecule has 30 heavy (non-hydrogen) atoms. The van der Waals surface area contributed by atoms with Crippen LogP contribution in [0.4, 0.5) is 5.69 Å². The summed E-state index contributed by atoms with van der Waals surface area (Å²) >= 11 is 0. The molecule has 2 aromatic carbocycles. The van der Waals surface area contributed by atoms with E-state index in [2.05, 4.69) is 33.0 Å².